The number of alkyl halides is 3. The highest BCUT2D eigenvalue weighted by molar-refractivity contribution is 7.07. The Morgan fingerprint density at radius 1 is 1.08 bits per heavy atom. The lowest BCUT2D eigenvalue weighted by Gasteiger charge is -2.14. The first-order valence-electron chi connectivity index (χ1n) is 12.1. The van der Waals surface area contributed by atoms with Crippen molar-refractivity contribution in [2.75, 3.05) is 26.2 Å². The summed E-state index contributed by atoms with van der Waals surface area (Å²) in [5, 5.41) is 5.58. The van der Waals surface area contributed by atoms with Gasteiger partial charge in [0.25, 0.3) is 0 Å². The van der Waals surface area contributed by atoms with E-state index in [-0.39, 0.29) is 11.7 Å². The number of hydrogen-bond donors (Lipinski definition) is 1. The van der Waals surface area contributed by atoms with Crippen LogP contribution in [0.25, 0.3) is 11.3 Å². The molecule has 0 bridgehead atoms. The summed E-state index contributed by atoms with van der Waals surface area (Å²) in [6.45, 7) is 3.92. The monoisotopic (exact) mass is 552 g/mol. The molecule has 0 aliphatic carbocycles. The summed E-state index contributed by atoms with van der Waals surface area (Å²) >= 11 is 7.43. The van der Waals surface area contributed by atoms with Gasteiger partial charge in [-0.05, 0) is 79.9 Å². The largest absolute Gasteiger partial charge is 0.573 e. The van der Waals surface area contributed by atoms with Crippen molar-refractivity contribution in [3.8, 4) is 17.0 Å². The van der Waals surface area contributed by atoms with E-state index in [0.717, 1.165) is 47.6 Å². The molecule has 2 heterocycles. The molecule has 1 saturated heterocycles. The lowest BCUT2D eigenvalue weighted by molar-refractivity contribution is -0.274. The third-order valence-electron chi connectivity index (χ3n) is 5.94. The Hall–Kier alpha value is -2.82. The van der Waals surface area contributed by atoms with Gasteiger partial charge in [0.15, 0.2) is 4.80 Å². The Bertz CT molecular complexity index is 1230. The molecular formula is C26H28ClF3N4O2S. The Labute approximate surface area is 222 Å². The van der Waals surface area contributed by atoms with Crippen molar-refractivity contribution >= 4 is 28.8 Å². The molecule has 0 unspecified atom stereocenters. The predicted molar refractivity (Wildman–Crippen MR) is 138 cm³/mol. The first-order chi connectivity index (χ1) is 17.8. The number of aromatic nitrogens is 1. The molecule has 1 aliphatic rings. The summed E-state index contributed by atoms with van der Waals surface area (Å²) in [5.74, 6) is -0.253. The van der Waals surface area contributed by atoms with Crippen LogP contribution in [0.2, 0.25) is 5.02 Å². The SMILES string of the molecule is O=C(CN1CCCC1)NCCCn1c(-c2ccc(OC(F)(F)F)cc2)cs/c1=N\Cc1ccc(Cl)cc1. The van der Waals surface area contributed by atoms with E-state index in [1.807, 2.05) is 34.2 Å². The quantitative estimate of drug-likeness (QED) is 0.339. The van der Waals surface area contributed by atoms with Crippen molar-refractivity contribution in [2.24, 2.45) is 4.99 Å². The number of rotatable bonds is 10. The molecule has 0 saturated carbocycles. The number of ether oxygens (including phenoxy) is 1. The molecule has 0 atom stereocenters. The molecule has 1 fully saturated rings. The topological polar surface area (TPSA) is 58.9 Å². The van der Waals surface area contributed by atoms with E-state index in [1.54, 1.807) is 12.1 Å². The number of likely N-dealkylation sites (tertiary alicyclic amines) is 1. The summed E-state index contributed by atoms with van der Waals surface area (Å²) in [6, 6.07) is 13.3. The van der Waals surface area contributed by atoms with Gasteiger partial charge < -0.3 is 14.6 Å². The zero-order valence-electron chi connectivity index (χ0n) is 20.1. The van der Waals surface area contributed by atoms with Crippen LogP contribution in [0.3, 0.4) is 0 Å². The van der Waals surface area contributed by atoms with Crippen LogP contribution in [0.15, 0.2) is 58.9 Å². The average Bonchev–Trinajstić information content (AvgIpc) is 3.51. The number of amides is 1. The van der Waals surface area contributed by atoms with E-state index >= 15 is 0 Å². The maximum Gasteiger partial charge on any atom is 0.573 e. The summed E-state index contributed by atoms with van der Waals surface area (Å²) in [5.41, 5.74) is 2.59. The first kappa shape index (κ1) is 27.2. The van der Waals surface area contributed by atoms with Gasteiger partial charge in [0.2, 0.25) is 5.91 Å². The second kappa shape index (κ2) is 12.6. The van der Waals surface area contributed by atoms with Gasteiger partial charge in [-0.15, -0.1) is 24.5 Å². The minimum Gasteiger partial charge on any atom is -0.406 e. The molecule has 1 amide bonds. The van der Waals surface area contributed by atoms with Crippen molar-refractivity contribution in [1.82, 2.24) is 14.8 Å². The van der Waals surface area contributed by atoms with Gasteiger partial charge in [-0.25, -0.2) is 0 Å². The Morgan fingerprint density at radius 2 is 1.78 bits per heavy atom. The Morgan fingerprint density at radius 3 is 2.46 bits per heavy atom. The van der Waals surface area contributed by atoms with E-state index in [4.69, 9.17) is 16.6 Å². The minimum atomic E-state index is -4.74. The Kier molecular flexibility index (Phi) is 9.28. The molecule has 4 rings (SSSR count). The molecule has 11 heteroatoms. The van der Waals surface area contributed by atoms with Gasteiger partial charge in [-0.3, -0.25) is 14.7 Å². The zero-order chi connectivity index (χ0) is 26.3. The van der Waals surface area contributed by atoms with Crippen LogP contribution in [0.5, 0.6) is 5.75 Å². The molecule has 2 aromatic carbocycles. The smallest absolute Gasteiger partial charge is 0.406 e. The summed E-state index contributed by atoms with van der Waals surface area (Å²) < 4.78 is 43.7. The molecule has 6 nitrogen and oxygen atoms in total. The number of hydrogen-bond acceptors (Lipinski definition) is 5. The van der Waals surface area contributed by atoms with Gasteiger partial charge in [-0.1, -0.05) is 23.7 Å². The normalized spacial score (nSPS) is 14.8. The van der Waals surface area contributed by atoms with Crippen molar-refractivity contribution in [3.63, 3.8) is 0 Å². The molecule has 198 valence electrons. The molecule has 3 aromatic rings. The number of halogens is 4. The molecule has 0 radical (unpaired) electrons. The highest BCUT2D eigenvalue weighted by atomic mass is 35.5. The van der Waals surface area contributed by atoms with Crippen LogP contribution < -0.4 is 14.9 Å². The highest BCUT2D eigenvalue weighted by Crippen LogP contribution is 2.27. The maximum absolute atomic E-state index is 12.5. The number of nitrogens with one attached hydrogen (secondary N) is 1. The first-order valence-corrected chi connectivity index (χ1v) is 13.3. The van der Waals surface area contributed by atoms with Gasteiger partial charge >= 0.3 is 6.36 Å². The standard InChI is InChI=1S/C26H28ClF3N4O2S/c27-21-8-4-19(5-9-21)16-32-25-34(15-3-12-31-24(35)17-33-13-1-2-14-33)23(18-37-25)20-6-10-22(11-7-20)36-26(28,29)30/h4-11,18H,1-3,12-17H2,(H,31,35)/b32-25-. The third-order valence-corrected chi connectivity index (χ3v) is 7.09. The van der Waals surface area contributed by atoms with Crippen molar-refractivity contribution in [3.05, 3.63) is 69.3 Å². The van der Waals surface area contributed by atoms with Gasteiger partial charge in [0, 0.05) is 23.5 Å². The summed E-state index contributed by atoms with van der Waals surface area (Å²) in [6.07, 6.45) is -1.79. The molecule has 1 aliphatic heterocycles. The number of thiazole rings is 1. The van der Waals surface area contributed by atoms with E-state index in [1.165, 1.54) is 23.5 Å². The molecule has 1 N–H and O–H groups in total. The number of carbonyl (C=O) groups excluding carboxylic acids is 1. The van der Waals surface area contributed by atoms with Crippen molar-refractivity contribution < 1.29 is 22.7 Å². The number of nitrogens with zero attached hydrogens (tertiary/aromatic N) is 3. The highest BCUT2D eigenvalue weighted by Gasteiger charge is 2.31. The van der Waals surface area contributed by atoms with E-state index in [9.17, 15) is 18.0 Å². The van der Waals surface area contributed by atoms with Crippen molar-refractivity contribution in [2.45, 2.75) is 38.7 Å². The number of carbonyl (C=O) groups is 1. The lowest BCUT2D eigenvalue weighted by Crippen LogP contribution is -2.36. The fraction of sp³-hybridized carbons (Fsp3) is 0.385. The molecule has 0 spiro atoms. The second-order valence-corrected chi connectivity index (χ2v) is 10.0. The second-order valence-electron chi connectivity index (χ2n) is 8.76. The minimum absolute atomic E-state index is 0.0188. The summed E-state index contributed by atoms with van der Waals surface area (Å²) in [4.78, 5) is 20.0. The van der Waals surface area contributed by atoms with E-state index in [0.29, 0.717) is 37.6 Å². The average molecular weight is 553 g/mol. The van der Waals surface area contributed by atoms with Crippen LogP contribution in [-0.4, -0.2) is 47.9 Å². The zero-order valence-corrected chi connectivity index (χ0v) is 21.7. The number of benzene rings is 2. The van der Waals surface area contributed by atoms with Crippen LogP contribution in [0, 0.1) is 0 Å². The van der Waals surface area contributed by atoms with Crippen LogP contribution in [-0.2, 0) is 17.9 Å². The molecule has 1 aromatic heterocycles. The van der Waals surface area contributed by atoms with Crippen LogP contribution in [0.1, 0.15) is 24.8 Å². The van der Waals surface area contributed by atoms with Gasteiger partial charge in [0.1, 0.15) is 5.75 Å². The van der Waals surface area contributed by atoms with Gasteiger partial charge in [0.05, 0.1) is 18.8 Å². The third kappa shape index (κ3) is 8.34. The maximum atomic E-state index is 12.5. The fourth-order valence-corrected chi connectivity index (χ4v) is 5.20. The summed E-state index contributed by atoms with van der Waals surface area (Å²) in [7, 11) is 0. The lowest BCUT2D eigenvalue weighted by atomic mass is 10.1. The molecular weight excluding hydrogens is 525 g/mol. The van der Waals surface area contributed by atoms with Gasteiger partial charge in [-0.2, -0.15) is 0 Å². The predicted octanol–water partition coefficient (Wildman–Crippen LogP) is 5.47. The van der Waals surface area contributed by atoms with E-state index < -0.39 is 6.36 Å². The van der Waals surface area contributed by atoms with Crippen LogP contribution >= 0.6 is 22.9 Å². The fourth-order valence-electron chi connectivity index (χ4n) is 4.14. The Balaban J connectivity index is 1.47. The van der Waals surface area contributed by atoms with Crippen LogP contribution in [0.4, 0.5) is 13.2 Å². The molecule has 37 heavy (non-hydrogen) atoms. The van der Waals surface area contributed by atoms with E-state index in [2.05, 4.69) is 15.0 Å². The van der Waals surface area contributed by atoms with Crippen molar-refractivity contribution in [1.29, 1.82) is 0 Å².